The van der Waals surface area contributed by atoms with Crippen LogP contribution in [-0.2, 0) is 10.0 Å². The molecule has 3 aromatic rings. The zero-order valence-electron chi connectivity index (χ0n) is 13.3. The molecule has 1 fully saturated rings. The van der Waals surface area contributed by atoms with E-state index >= 15 is 0 Å². The monoisotopic (exact) mass is 360 g/mol. The van der Waals surface area contributed by atoms with Gasteiger partial charge in [0.2, 0.25) is 10.0 Å². The average Bonchev–Trinajstić information content (AvgIpc) is 3.02. The molecule has 1 N–H and O–H groups in total. The van der Waals surface area contributed by atoms with Crippen LogP contribution in [0.4, 0.5) is 5.82 Å². The van der Waals surface area contributed by atoms with Crippen LogP contribution in [0.3, 0.4) is 0 Å². The molecule has 0 aliphatic carbocycles. The third-order valence-corrected chi connectivity index (χ3v) is 6.13. The number of rotatable bonds is 3. The van der Waals surface area contributed by atoms with E-state index in [4.69, 9.17) is 4.42 Å². The predicted molar refractivity (Wildman–Crippen MR) is 92.0 cm³/mol. The fourth-order valence-electron chi connectivity index (χ4n) is 2.94. The molecule has 2 aromatic heterocycles. The second kappa shape index (κ2) is 6.01. The van der Waals surface area contributed by atoms with Gasteiger partial charge in [-0.2, -0.15) is 4.31 Å². The largest absolute Gasteiger partial charge is 0.417 e. The number of sulfonamides is 1. The summed E-state index contributed by atoms with van der Waals surface area (Å²) in [6.45, 7) is 1.89. The predicted octanol–water partition coefficient (Wildman–Crippen LogP) is 1.03. The number of piperazine rings is 1. The molecule has 1 saturated heterocycles. The molecule has 3 heterocycles. The summed E-state index contributed by atoms with van der Waals surface area (Å²) in [6.07, 6.45) is 1.72. The fraction of sp³-hybridized carbons (Fsp3) is 0.250. The number of hydrogen-bond acceptors (Lipinski definition) is 6. The van der Waals surface area contributed by atoms with Crippen LogP contribution in [0.5, 0.6) is 0 Å². The summed E-state index contributed by atoms with van der Waals surface area (Å²) in [5.41, 5.74) is 0.710. The maximum atomic E-state index is 12.9. The highest BCUT2D eigenvalue weighted by Crippen LogP contribution is 2.22. The highest BCUT2D eigenvalue weighted by Gasteiger charge is 2.29. The first-order chi connectivity index (χ1) is 12.0. The molecule has 1 aliphatic heterocycles. The summed E-state index contributed by atoms with van der Waals surface area (Å²) >= 11 is 0. The summed E-state index contributed by atoms with van der Waals surface area (Å²) in [5.74, 6) is 0.241. The Bertz CT molecular complexity index is 1050. The Kier molecular flexibility index (Phi) is 3.81. The SMILES string of the molecule is O=c1[nH]c2cc(S(=O)(=O)N3CCN(c4ccccn4)CC3)ccc2o1. The first-order valence-electron chi connectivity index (χ1n) is 7.83. The number of aromatic nitrogens is 2. The van der Waals surface area contributed by atoms with E-state index < -0.39 is 15.8 Å². The van der Waals surface area contributed by atoms with E-state index in [2.05, 4.69) is 14.9 Å². The van der Waals surface area contributed by atoms with Crippen molar-refractivity contribution >= 4 is 26.9 Å². The van der Waals surface area contributed by atoms with Crippen molar-refractivity contribution in [3.8, 4) is 0 Å². The molecular weight excluding hydrogens is 344 g/mol. The van der Waals surface area contributed by atoms with Crippen molar-refractivity contribution in [1.82, 2.24) is 14.3 Å². The normalized spacial score (nSPS) is 16.4. The van der Waals surface area contributed by atoms with Crippen molar-refractivity contribution in [1.29, 1.82) is 0 Å². The molecule has 0 bridgehead atoms. The topological polar surface area (TPSA) is 99.5 Å². The minimum Gasteiger partial charge on any atom is -0.408 e. The van der Waals surface area contributed by atoms with Crippen LogP contribution in [0.15, 0.2) is 56.7 Å². The van der Waals surface area contributed by atoms with Crippen LogP contribution in [0, 0.1) is 0 Å². The van der Waals surface area contributed by atoms with Crippen molar-refractivity contribution in [3.05, 3.63) is 53.1 Å². The fourth-order valence-corrected chi connectivity index (χ4v) is 4.39. The second-order valence-corrected chi connectivity index (χ2v) is 7.69. The Hall–Kier alpha value is -2.65. The van der Waals surface area contributed by atoms with Gasteiger partial charge in [-0.05, 0) is 30.3 Å². The molecule has 0 unspecified atom stereocenters. The van der Waals surface area contributed by atoms with Gasteiger partial charge in [-0.25, -0.2) is 18.2 Å². The van der Waals surface area contributed by atoms with Gasteiger partial charge in [-0.3, -0.25) is 4.98 Å². The lowest BCUT2D eigenvalue weighted by atomic mass is 10.3. The molecule has 0 atom stereocenters. The minimum absolute atomic E-state index is 0.142. The van der Waals surface area contributed by atoms with Crippen LogP contribution in [0.1, 0.15) is 0 Å². The second-order valence-electron chi connectivity index (χ2n) is 5.75. The molecule has 1 aromatic carbocycles. The van der Waals surface area contributed by atoms with Crippen molar-refractivity contribution < 1.29 is 12.8 Å². The van der Waals surface area contributed by atoms with Gasteiger partial charge in [0.05, 0.1) is 10.4 Å². The van der Waals surface area contributed by atoms with E-state index in [1.807, 2.05) is 18.2 Å². The highest BCUT2D eigenvalue weighted by atomic mass is 32.2. The molecule has 0 radical (unpaired) electrons. The average molecular weight is 360 g/mol. The Morgan fingerprint density at radius 3 is 2.60 bits per heavy atom. The van der Waals surface area contributed by atoms with Crippen molar-refractivity contribution in [3.63, 3.8) is 0 Å². The van der Waals surface area contributed by atoms with Gasteiger partial charge in [0.25, 0.3) is 0 Å². The van der Waals surface area contributed by atoms with Crippen LogP contribution < -0.4 is 10.7 Å². The first-order valence-corrected chi connectivity index (χ1v) is 9.27. The van der Waals surface area contributed by atoms with E-state index in [1.165, 1.54) is 22.5 Å². The number of nitrogens with zero attached hydrogens (tertiary/aromatic N) is 3. The van der Waals surface area contributed by atoms with Gasteiger partial charge < -0.3 is 9.32 Å². The van der Waals surface area contributed by atoms with E-state index in [-0.39, 0.29) is 4.90 Å². The Labute approximate surface area is 143 Å². The summed E-state index contributed by atoms with van der Waals surface area (Å²) in [7, 11) is -3.63. The Morgan fingerprint density at radius 2 is 1.88 bits per heavy atom. The van der Waals surface area contributed by atoms with Gasteiger partial charge in [0.15, 0.2) is 5.58 Å². The Balaban J connectivity index is 1.55. The van der Waals surface area contributed by atoms with E-state index in [0.29, 0.717) is 37.3 Å². The van der Waals surface area contributed by atoms with Crippen LogP contribution in [-0.4, -0.2) is 48.9 Å². The van der Waals surface area contributed by atoms with Gasteiger partial charge in [0.1, 0.15) is 5.82 Å². The molecular formula is C16H16N4O4S. The number of benzene rings is 1. The number of H-pyrrole nitrogens is 1. The molecule has 0 amide bonds. The van der Waals surface area contributed by atoms with Gasteiger partial charge in [-0.15, -0.1) is 0 Å². The molecule has 130 valence electrons. The summed E-state index contributed by atoms with van der Waals surface area (Å²) in [6, 6.07) is 10.0. The van der Waals surface area contributed by atoms with Gasteiger partial charge in [0, 0.05) is 32.4 Å². The number of nitrogens with one attached hydrogen (secondary N) is 1. The smallest absolute Gasteiger partial charge is 0.408 e. The van der Waals surface area contributed by atoms with Crippen LogP contribution >= 0.6 is 0 Å². The maximum Gasteiger partial charge on any atom is 0.417 e. The summed E-state index contributed by atoms with van der Waals surface area (Å²) in [5, 5.41) is 0. The number of hydrogen-bond donors (Lipinski definition) is 1. The third kappa shape index (κ3) is 2.92. The lowest BCUT2D eigenvalue weighted by molar-refractivity contribution is 0.384. The Morgan fingerprint density at radius 1 is 1.08 bits per heavy atom. The molecule has 0 saturated carbocycles. The standard InChI is InChI=1S/C16H16N4O4S/c21-16-18-13-11-12(4-5-14(13)24-16)25(22,23)20-9-7-19(8-10-20)15-3-1-2-6-17-15/h1-6,11H,7-10H2,(H,18,21). The molecule has 0 spiro atoms. The van der Waals surface area contributed by atoms with Gasteiger partial charge in [-0.1, -0.05) is 6.07 Å². The lowest BCUT2D eigenvalue weighted by Crippen LogP contribution is -2.48. The number of pyridine rings is 1. The summed E-state index contributed by atoms with van der Waals surface area (Å²) in [4.78, 5) is 20.2. The molecule has 9 heteroatoms. The quantitative estimate of drug-likeness (QED) is 0.749. The van der Waals surface area contributed by atoms with Crippen molar-refractivity contribution in [2.75, 3.05) is 31.1 Å². The molecule has 1 aliphatic rings. The zero-order chi connectivity index (χ0) is 17.4. The summed E-state index contributed by atoms with van der Waals surface area (Å²) < 4.78 is 32.1. The van der Waals surface area contributed by atoms with Crippen molar-refractivity contribution in [2.45, 2.75) is 4.90 Å². The van der Waals surface area contributed by atoms with Crippen LogP contribution in [0.2, 0.25) is 0 Å². The molecule has 4 rings (SSSR count). The third-order valence-electron chi connectivity index (χ3n) is 4.24. The zero-order valence-corrected chi connectivity index (χ0v) is 14.1. The number of fused-ring (bicyclic) bond motifs is 1. The first kappa shape index (κ1) is 15.9. The maximum absolute atomic E-state index is 12.9. The minimum atomic E-state index is -3.63. The van der Waals surface area contributed by atoms with E-state index in [1.54, 1.807) is 6.20 Å². The van der Waals surface area contributed by atoms with Gasteiger partial charge >= 0.3 is 5.76 Å². The molecule has 8 nitrogen and oxygen atoms in total. The van der Waals surface area contributed by atoms with E-state index in [0.717, 1.165) is 5.82 Å². The van der Waals surface area contributed by atoms with E-state index in [9.17, 15) is 13.2 Å². The lowest BCUT2D eigenvalue weighted by Gasteiger charge is -2.34. The highest BCUT2D eigenvalue weighted by molar-refractivity contribution is 7.89. The number of oxazole rings is 1. The number of aromatic amines is 1. The van der Waals surface area contributed by atoms with Crippen LogP contribution in [0.25, 0.3) is 11.1 Å². The molecule has 25 heavy (non-hydrogen) atoms. The van der Waals surface area contributed by atoms with Crippen molar-refractivity contribution in [2.24, 2.45) is 0 Å². The number of anilines is 1.